The van der Waals surface area contributed by atoms with Crippen LogP contribution in [-0.2, 0) is 9.59 Å². The summed E-state index contributed by atoms with van der Waals surface area (Å²) in [6, 6.07) is 10.3. The molecule has 0 aliphatic carbocycles. The van der Waals surface area contributed by atoms with Crippen LogP contribution in [0, 0.1) is 11.7 Å². The molecule has 7 heteroatoms. The zero-order chi connectivity index (χ0) is 19.3. The van der Waals surface area contributed by atoms with Gasteiger partial charge in [-0.25, -0.2) is 4.39 Å². The number of carbonyl (C=O) groups is 3. The second-order valence-corrected chi connectivity index (χ2v) is 6.05. The summed E-state index contributed by atoms with van der Waals surface area (Å²) in [7, 11) is 0. The number of halogens is 1. The Morgan fingerprint density at radius 3 is 2.08 bits per heavy atom. The fourth-order valence-corrected chi connectivity index (χ4v) is 2.08. The molecule has 0 aliphatic heterocycles. The fraction of sp³-hybridized carbons (Fsp3) is 0.211. The lowest BCUT2D eigenvalue weighted by Gasteiger charge is -2.10. The van der Waals surface area contributed by atoms with Crippen molar-refractivity contribution in [2.45, 2.75) is 20.8 Å². The molecule has 0 heterocycles. The minimum absolute atomic E-state index is 0.0120. The Labute approximate surface area is 150 Å². The number of nitrogens with one attached hydrogen (secondary N) is 3. The van der Waals surface area contributed by atoms with Gasteiger partial charge in [0.1, 0.15) is 5.82 Å². The first-order valence-corrected chi connectivity index (χ1v) is 8.05. The lowest BCUT2D eigenvalue weighted by atomic mass is 10.1. The van der Waals surface area contributed by atoms with E-state index in [1.807, 2.05) is 0 Å². The van der Waals surface area contributed by atoms with E-state index in [2.05, 4.69) is 16.0 Å². The van der Waals surface area contributed by atoms with Crippen molar-refractivity contribution in [3.63, 3.8) is 0 Å². The standard InChI is InChI=1S/C19H20FN3O3/c1-11(2)18(25)22-14-6-4-13(5-7-14)19(26)23-15-8-9-16(20)17(10-15)21-12(3)24/h4-11H,1-3H3,(H,21,24)(H,22,25)(H,23,26). The Balaban J connectivity index is 2.08. The Morgan fingerprint density at radius 2 is 1.50 bits per heavy atom. The van der Waals surface area contributed by atoms with Gasteiger partial charge in [-0.15, -0.1) is 0 Å². The molecule has 0 bridgehead atoms. The van der Waals surface area contributed by atoms with Gasteiger partial charge in [0.25, 0.3) is 5.91 Å². The van der Waals surface area contributed by atoms with E-state index in [0.29, 0.717) is 16.9 Å². The van der Waals surface area contributed by atoms with Crippen LogP contribution in [0.2, 0.25) is 0 Å². The van der Waals surface area contributed by atoms with E-state index >= 15 is 0 Å². The van der Waals surface area contributed by atoms with Crippen molar-refractivity contribution in [1.29, 1.82) is 0 Å². The van der Waals surface area contributed by atoms with E-state index in [4.69, 9.17) is 0 Å². The first kappa shape index (κ1) is 19.1. The smallest absolute Gasteiger partial charge is 0.255 e. The summed E-state index contributed by atoms with van der Waals surface area (Å²) in [4.78, 5) is 35.0. The van der Waals surface area contributed by atoms with Crippen LogP contribution in [-0.4, -0.2) is 17.7 Å². The van der Waals surface area contributed by atoms with Gasteiger partial charge in [-0.3, -0.25) is 14.4 Å². The molecule has 0 spiro atoms. The largest absolute Gasteiger partial charge is 0.326 e. The average Bonchev–Trinajstić information content (AvgIpc) is 2.58. The van der Waals surface area contributed by atoms with Crippen LogP contribution in [0.4, 0.5) is 21.5 Å². The van der Waals surface area contributed by atoms with Gasteiger partial charge in [0.2, 0.25) is 11.8 Å². The van der Waals surface area contributed by atoms with Gasteiger partial charge in [0.15, 0.2) is 0 Å². The maximum atomic E-state index is 13.6. The second-order valence-electron chi connectivity index (χ2n) is 6.05. The molecule has 26 heavy (non-hydrogen) atoms. The summed E-state index contributed by atoms with van der Waals surface area (Å²) in [5, 5.41) is 7.73. The molecule has 0 saturated heterocycles. The number of hydrogen-bond acceptors (Lipinski definition) is 3. The number of amides is 3. The molecule has 2 aromatic rings. The Hall–Kier alpha value is -3.22. The highest BCUT2D eigenvalue weighted by Crippen LogP contribution is 2.20. The number of carbonyl (C=O) groups excluding carboxylic acids is 3. The minimum atomic E-state index is -0.594. The van der Waals surface area contributed by atoms with Crippen molar-refractivity contribution in [3.8, 4) is 0 Å². The SMILES string of the molecule is CC(=O)Nc1cc(NC(=O)c2ccc(NC(=O)C(C)C)cc2)ccc1F. The minimum Gasteiger partial charge on any atom is -0.326 e. The number of benzene rings is 2. The summed E-state index contributed by atoms with van der Waals surface area (Å²) < 4.78 is 13.6. The van der Waals surface area contributed by atoms with Gasteiger partial charge in [0.05, 0.1) is 5.69 Å². The third kappa shape index (κ3) is 5.14. The Bertz CT molecular complexity index is 832. The zero-order valence-corrected chi connectivity index (χ0v) is 14.7. The number of rotatable bonds is 5. The first-order valence-electron chi connectivity index (χ1n) is 8.05. The van der Waals surface area contributed by atoms with Gasteiger partial charge >= 0.3 is 0 Å². The van der Waals surface area contributed by atoms with E-state index in [9.17, 15) is 18.8 Å². The van der Waals surface area contributed by atoms with Crippen molar-refractivity contribution >= 4 is 34.8 Å². The predicted molar refractivity (Wildman–Crippen MR) is 98.6 cm³/mol. The molecule has 0 fully saturated rings. The third-order valence-corrected chi connectivity index (χ3v) is 3.47. The van der Waals surface area contributed by atoms with Crippen LogP contribution < -0.4 is 16.0 Å². The van der Waals surface area contributed by atoms with E-state index in [-0.39, 0.29) is 17.5 Å². The molecule has 0 radical (unpaired) electrons. The normalized spacial score (nSPS) is 10.3. The second kappa shape index (κ2) is 8.24. The fourth-order valence-electron chi connectivity index (χ4n) is 2.08. The summed E-state index contributed by atoms with van der Waals surface area (Å²) in [6.07, 6.45) is 0. The highest BCUT2D eigenvalue weighted by atomic mass is 19.1. The third-order valence-electron chi connectivity index (χ3n) is 3.47. The average molecular weight is 357 g/mol. The molecule has 0 aromatic heterocycles. The van der Waals surface area contributed by atoms with Gasteiger partial charge in [-0.2, -0.15) is 0 Å². The highest BCUT2D eigenvalue weighted by molar-refractivity contribution is 6.05. The molecule has 0 saturated carbocycles. The molecule has 3 N–H and O–H groups in total. The quantitative estimate of drug-likeness (QED) is 0.764. The van der Waals surface area contributed by atoms with Crippen LogP contribution in [0.3, 0.4) is 0 Å². The number of hydrogen-bond donors (Lipinski definition) is 3. The van der Waals surface area contributed by atoms with Crippen molar-refractivity contribution in [2.75, 3.05) is 16.0 Å². The molecule has 136 valence electrons. The van der Waals surface area contributed by atoms with E-state index in [1.165, 1.54) is 19.1 Å². The Kier molecular flexibility index (Phi) is 6.06. The van der Waals surface area contributed by atoms with Crippen LogP contribution >= 0.6 is 0 Å². The van der Waals surface area contributed by atoms with Crippen molar-refractivity contribution in [2.24, 2.45) is 5.92 Å². The summed E-state index contributed by atoms with van der Waals surface area (Å²) in [5.74, 6) is -1.66. The van der Waals surface area contributed by atoms with Crippen molar-refractivity contribution in [3.05, 3.63) is 53.8 Å². The number of anilines is 3. The van der Waals surface area contributed by atoms with Crippen LogP contribution in [0.15, 0.2) is 42.5 Å². The monoisotopic (exact) mass is 357 g/mol. The predicted octanol–water partition coefficient (Wildman–Crippen LogP) is 3.63. The molecule has 0 unspecified atom stereocenters. The topological polar surface area (TPSA) is 87.3 Å². The first-order chi connectivity index (χ1) is 12.3. The lowest BCUT2D eigenvalue weighted by Crippen LogP contribution is -2.18. The van der Waals surface area contributed by atoms with Crippen LogP contribution in [0.5, 0.6) is 0 Å². The zero-order valence-electron chi connectivity index (χ0n) is 14.7. The van der Waals surface area contributed by atoms with Gasteiger partial charge in [-0.1, -0.05) is 13.8 Å². The van der Waals surface area contributed by atoms with Crippen molar-refractivity contribution < 1.29 is 18.8 Å². The van der Waals surface area contributed by atoms with Crippen molar-refractivity contribution in [1.82, 2.24) is 0 Å². The molecule has 0 aliphatic rings. The van der Waals surface area contributed by atoms with Crippen LogP contribution in [0.25, 0.3) is 0 Å². The van der Waals surface area contributed by atoms with Gasteiger partial charge < -0.3 is 16.0 Å². The maximum absolute atomic E-state index is 13.6. The molecule has 2 rings (SSSR count). The molecular weight excluding hydrogens is 337 g/mol. The molecule has 3 amide bonds. The van der Waals surface area contributed by atoms with E-state index < -0.39 is 17.6 Å². The molecule has 0 atom stereocenters. The van der Waals surface area contributed by atoms with Gasteiger partial charge in [0, 0.05) is 29.8 Å². The molecule has 2 aromatic carbocycles. The van der Waals surface area contributed by atoms with Gasteiger partial charge in [-0.05, 0) is 42.5 Å². The molecular formula is C19H20FN3O3. The highest BCUT2D eigenvalue weighted by Gasteiger charge is 2.11. The maximum Gasteiger partial charge on any atom is 0.255 e. The van der Waals surface area contributed by atoms with E-state index in [0.717, 1.165) is 6.07 Å². The summed E-state index contributed by atoms with van der Waals surface area (Å²) in [5.41, 5.74) is 1.30. The summed E-state index contributed by atoms with van der Waals surface area (Å²) in [6.45, 7) is 4.84. The van der Waals surface area contributed by atoms with E-state index in [1.54, 1.807) is 38.1 Å². The lowest BCUT2D eigenvalue weighted by molar-refractivity contribution is -0.119. The molecule has 6 nitrogen and oxygen atoms in total. The van der Waals surface area contributed by atoms with Crippen LogP contribution in [0.1, 0.15) is 31.1 Å². The summed E-state index contributed by atoms with van der Waals surface area (Å²) >= 11 is 0. The Morgan fingerprint density at radius 1 is 0.885 bits per heavy atom.